The minimum absolute atomic E-state index is 0.197. The largest absolute Gasteiger partial charge is 0.405 e. The highest BCUT2D eigenvalue weighted by molar-refractivity contribution is 9.12. The van der Waals surface area contributed by atoms with E-state index < -0.39 is 39.0 Å². The van der Waals surface area contributed by atoms with Gasteiger partial charge < -0.3 is 28.5 Å². The van der Waals surface area contributed by atoms with Gasteiger partial charge in [-0.15, -0.1) is 0 Å². The van der Waals surface area contributed by atoms with Crippen molar-refractivity contribution in [3.05, 3.63) is 132 Å². The monoisotopic (exact) mass is 824 g/mol. The summed E-state index contributed by atoms with van der Waals surface area (Å²) in [5, 5.41) is 15.1. The van der Waals surface area contributed by atoms with Crippen molar-refractivity contribution in [3.8, 4) is 0 Å². The van der Waals surface area contributed by atoms with E-state index in [1.54, 1.807) is 0 Å². The first-order chi connectivity index (χ1) is 24.2. The summed E-state index contributed by atoms with van der Waals surface area (Å²) in [6.45, 7) is 8.01. The van der Waals surface area contributed by atoms with Crippen molar-refractivity contribution < 1.29 is 28.5 Å². The molecular weight excluding hydrogens is 776 g/mol. The van der Waals surface area contributed by atoms with Crippen molar-refractivity contribution >= 4 is 50.6 Å². The van der Waals surface area contributed by atoms with Gasteiger partial charge in [-0.25, -0.2) is 0 Å². The molecule has 0 radical (unpaired) electrons. The first kappa shape index (κ1) is 39.0. The topological polar surface area (TPSA) is 66.4 Å². The fourth-order valence-corrected chi connectivity index (χ4v) is 11.8. The van der Waals surface area contributed by atoms with E-state index in [1.165, 1.54) is 10.4 Å². The molecule has 9 heteroatoms. The Morgan fingerprint density at radius 1 is 0.720 bits per heavy atom. The Labute approximate surface area is 315 Å². The molecule has 50 heavy (non-hydrogen) atoms. The van der Waals surface area contributed by atoms with Gasteiger partial charge in [0.25, 0.3) is 8.32 Å². The number of halogens is 2. The van der Waals surface area contributed by atoms with Crippen molar-refractivity contribution in [3.63, 3.8) is 0 Å². The Morgan fingerprint density at radius 2 is 1.20 bits per heavy atom. The molecule has 1 N–H and O–H groups in total. The van der Waals surface area contributed by atoms with Crippen LogP contribution in [0.25, 0.3) is 0 Å². The minimum Gasteiger partial charge on any atom is -0.405 e. The lowest BCUT2D eigenvalue weighted by molar-refractivity contribution is -0.318. The summed E-state index contributed by atoms with van der Waals surface area (Å²) in [5.41, 5.74) is 2.00. The molecule has 0 bridgehead atoms. The molecule has 1 aliphatic heterocycles. The van der Waals surface area contributed by atoms with Gasteiger partial charge in [0.2, 0.25) is 0 Å². The van der Waals surface area contributed by atoms with Crippen LogP contribution < -0.4 is 10.4 Å². The molecule has 6 nitrogen and oxygen atoms in total. The van der Waals surface area contributed by atoms with Gasteiger partial charge >= 0.3 is 0 Å². The molecule has 4 aromatic carbocycles. The van der Waals surface area contributed by atoms with Crippen LogP contribution in [-0.2, 0) is 36.6 Å². The van der Waals surface area contributed by atoms with Crippen LogP contribution in [-0.4, -0.2) is 67.5 Å². The van der Waals surface area contributed by atoms with Crippen LogP contribution in [0.3, 0.4) is 0 Å². The average molecular weight is 827 g/mol. The third-order valence-electron chi connectivity index (χ3n) is 9.18. The minimum atomic E-state index is -2.92. The Morgan fingerprint density at radius 3 is 1.68 bits per heavy atom. The highest BCUT2D eigenvalue weighted by atomic mass is 79.9. The van der Waals surface area contributed by atoms with E-state index in [2.05, 4.69) is 101 Å². The molecular formula is C41H50Br2O6Si. The molecule has 1 unspecified atom stereocenters. The normalized spacial score (nSPS) is 21.9. The Hall–Kier alpha value is -2.18. The van der Waals surface area contributed by atoms with E-state index in [0.29, 0.717) is 24.6 Å². The molecule has 5 rings (SSSR count). The number of aliphatic hydroxyl groups excluding tert-OH is 1. The first-order valence-electron chi connectivity index (χ1n) is 17.4. The Balaban J connectivity index is 1.47. The highest BCUT2D eigenvalue weighted by Crippen LogP contribution is 2.38. The molecule has 0 aromatic heterocycles. The summed E-state index contributed by atoms with van der Waals surface area (Å²) >= 11 is 7.24. The van der Waals surface area contributed by atoms with Crippen molar-refractivity contribution in [2.45, 2.75) is 87.4 Å². The molecule has 4 aromatic rings. The number of alkyl halides is 2. The van der Waals surface area contributed by atoms with Gasteiger partial charge in [0.15, 0.2) is 6.29 Å². The lowest BCUT2D eigenvalue weighted by Crippen LogP contribution is -2.68. The van der Waals surface area contributed by atoms with Crippen molar-refractivity contribution in [1.82, 2.24) is 0 Å². The van der Waals surface area contributed by atoms with E-state index in [4.69, 9.17) is 23.4 Å². The van der Waals surface area contributed by atoms with Gasteiger partial charge in [-0.3, -0.25) is 0 Å². The molecule has 268 valence electrons. The van der Waals surface area contributed by atoms with Gasteiger partial charge in [0, 0.05) is 16.8 Å². The Bertz CT molecular complexity index is 1490. The molecule has 1 heterocycles. The molecule has 6 atom stereocenters. The van der Waals surface area contributed by atoms with Crippen molar-refractivity contribution in [2.24, 2.45) is 0 Å². The quantitative estimate of drug-likeness (QED) is 0.0668. The summed E-state index contributed by atoms with van der Waals surface area (Å²) < 4.78 is 33.6. The third-order valence-corrected chi connectivity index (χ3v) is 16.6. The molecule has 1 aliphatic rings. The number of hydrogen-bond donors (Lipinski definition) is 1. The molecule has 1 saturated heterocycles. The maximum absolute atomic E-state index is 12.2. The summed E-state index contributed by atoms with van der Waals surface area (Å²) in [4.78, 5) is 0.345. The zero-order valence-corrected chi connectivity index (χ0v) is 33.4. The van der Waals surface area contributed by atoms with Crippen LogP contribution in [0.1, 0.15) is 44.7 Å². The smallest absolute Gasteiger partial charge is 0.261 e. The maximum Gasteiger partial charge on any atom is 0.261 e. The maximum atomic E-state index is 12.2. The number of hydrogen-bond acceptors (Lipinski definition) is 6. The molecule has 0 spiro atoms. The van der Waals surface area contributed by atoms with Gasteiger partial charge in [-0.1, -0.05) is 174 Å². The van der Waals surface area contributed by atoms with Gasteiger partial charge in [0.05, 0.1) is 19.8 Å². The van der Waals surface area contributed by atoms with Gasteiger partial charge in [-0.2, -0.15) is 0 Å². The summed E-state index contributed by atoms with van der Waals surface area (Å²) in [7, 11) is -2.92. The highest BCUT2D eigenvalue weighted by Gasteiger charge is 2.53. The molecule has 0 aliphatic carbocycles. The van der Waals surface area contributed by atoms with E-state index in [9.17, 15) is 5.11 Å². The standard InChI is InChI=1S/C41H50Br2O6Si/c1-41(2,3)50(34-22-12-6-13-23-34,35-24-14-7-15-25-35)48-30-36-38(46-28-31-17-8-4-9-18-31)37(44)39(47-29-32-19-10-5-11-20-32)40(49-36)45-26-16-21-33(43)27-42/h4-15,17-20,22-25,33,36-40,44H,16,21,26-30H2,1-3H3/t33?,36-,37+,38-,39+,40+/m1/s1. The summed E-state index contributed by atoms with van der Waals surface area (Å²) in [6.07, 6.45) is -2.27. The lowest BCUT2D eigenvalue weighted by atomic mass is 9.98. The van der Waals surface area contributed by atoms with Crippen molar-refractivity contribution in [1.29, 1.82) is 0 Å². The second-order valence-corrected chi connectivity index (χ2v) is 20.0. The molecule has 1 fully saturated rings. The van der Waals surface area contributed by atoms with Gasteiger partial charge in [-0.05, 0) is 39.4 Å². The lowest BCUT2D eigenvalue weighted by Gasteiger charge is -2.47. The molecule has 0 amide bonds. The zero-order chi connectivity index (χ0) is 35.4. The second-order valence-electron chi connectivity index (χ2n) is 13.8. The number of ether oxygens (including phenoxy) is 4. The van der Waals surface area contributed by atoms with E-state index >= 15 is 0 Å². The second kappa shape index (κ2) is 19.1. The fraction of sp³-hybridized carbons (Fsp3) is 0.415. The zero-order valence-electron chi connectivity index (χ0n) is 29.2. The number of aliphatic hydroxyl groups is 1. The van der Waals surface area contributed by atoms with Crippen molar-refractivity contribution in [2.75, 3.05) is 18.5 Å². The van der Waals surface area contributed by atoms with Crippen LogP contribution in [0, 0.1) is 0 Å². The summed E-state index contributed by atoms with van der Waals surface area (Å²) in [5.74, 6) is 0. The average Bonchev–Trinajstić information content (AvgIpc) is 3.14. The van der Waals surface area contributed by atoms with Crippen LogP contribution in [0.4, 0.5) is 0 Å². The predicted octanol–water partition coefficient (Wildman–Crippen LogP) is 7.77. The number of benzene rings is 4. The first-order valence-corrected chi connectivity index (χ1v) is 21.4. The predicted molar refractivity (Wildman–Crippen MR) is 210 cm³/mol. The van der Waals surface area contributed by atoms with E-state index in [1.807, 2.05) is 72.8 Å². The fourth-order valence-electron chi connectivity index (χ4n) is 6.63. The number of rotatable bonds is 17. The van der Waals surface area contributed by atoms with E-state index in [-0.39, 0.29) is 11.6 Å². The van der Waals surface area contributed by atoms with Crippen LogP contribution in [0.2, 0.25) is 5.04 Å². The third kappa shape index (κ3) is 10.0. The summed E-state index contributed by atoms with van der Waals surface area (Å²) in [6, 6.07) is 41.0. The van der Waals surface area contributed by atoms with E-state index in [0.717, 1.165) is 29.3 Å². The van der Waals surface area contributed by atoms with Crippen LogP contribution in [0.5, 0.6) is 0 Å². The Kier molecular flexibility index (Phi) is 14.9. The van der Waals surface area contributed by atoms with Gasteiger partial charge in [0.1, 0.15) is 24.4 Å². The SMILES string of the molecule is CC(C)(C)[Si](OC[C@H]1O[C@H](OCCCC(Br)CBr)[C@@H](OCc2ccccc2)[C@@H](O)[C@@H]1OCc1ccccc1)(c1ccccc1)c1ccccc1. The van der Waals surface area contributed by atoms with Crippen LogP contribution in [0.15, 0.2) is 121 Å². The van der Waals surface area contributed by atoms with Crippen LogP contribution >= 0.6 is 31.9 Å². The molecule has 0 saturated carbocycles.